The lowest BCUT2D eigenvalue weighted by Crippen LogP contribution is -2.22. The Kier molecular flexibility index (Phi) is 5.27. The summed E-state index contributed by atoms with van der Waals surface area (Å²) in [6, 6.07) is 16.0. The van der Waals surface area contributed by atoms with Crippen LogP contribution in [0.1, 0.15) is 28.0 Å². The molecule has 2 heterocycles. The van der Waals surface area contributed by atoms with Crippen molar-refractivity contribution >= 4 is 39.4 Å². The van der Waals surface area contributed by atoms with Crippen LogP contribution in [-0.2, 0) is 12.8 Å². The molecule has 6 nitrogen and oxygen atoms in total. The molecule has 0 spiro atoms. The van der Waals surface area contributed by atoms with E-state index in [1.807, 2.05) is 69.6 Å². The van der Waals surface area contributed by atoms with E-state index in [1.165, 1.54) is 10.4 Å². The highest BCUT2D eigenvalue weighted by Crippen LogP contribution is 2.35. The number of nitrogens with one attached hydrogen (secondary N) is 1. The standard InChI is InChI=1S/C25H25N5OS/c1-16-7-11-19(12-8-16)30-24(31)22-20-5-4-6-21(20)32-23(22)27-25(30)28-26-15-17-9-13-18(14-10-17)29(2)3/h7-15H,4-6H2,1-3H3,(H,27,28). The van der Waals surface area contributed by atoms with Crippen molar-refractivity contribution in [1.82, 2.24) is 9.55 Å². The molecule has 1 N–H and O–H groups in total. The second-order valence-corrected chi connectivity index (χ2v) is 9.39. The van der Waals surface area contributed by atoms with Gasteiger partial charge in [0.15, 0.2) is 0 Å². The molecule has 7 heteroatoms. The van der Waals surface area contributed by atoms with Crippen LogP contribution >= 0.6 is 11.3 Å². The summed E-state index contributed by atoms with van der Waals surface area (Å²) >= 11 is 1.63. The third kappa shape index (κ3) is 3.69. The number of rotatable bonds is 5. The van der Waals surface area contributed by atoms with Crippen molar-refractivity contribution in [2.24, 2.45) is 5.10 Å². The summed E-state index contributed by atoms with van der Waals surface area (Å²) in [7, 11) is 4.02. The summed E-state index contributed by atoms with van der Waals surface area (Å²) in [6.45, 7) is 2.03. The van der Waals surface area contributed by atoms with Gasteiger partial charge in [0.1, 0.15) is 4.83 Å². The number of fused-ring (bicyclic) bond motifs is 3. The number of aromatic nitrogens is 2. The molecule has 162 valence electrons. The predicted molar refractivity (Wildman–Crippen MR) is 134 cm³/mol. The van der Waals surface area contributed by atoms with Crippen LogP contribution in [0, 0.1) is 6.92 Å². The lowest BCUT2D eigenvalue weighted by Gasteiger charge is -2.13. The number of hydrogen-bond donors (Lipinski definition) is 1. The van der Waals surface area contributed by atoms with Crippen LogP contribution in [0.25, 0.3) is 15.9 Å². The molecule has 1 aliphatic carbocycles. The Bertz CT molecular complexity index is 1360. The molecule has 0 atom stereocenters. The number of thiophene rings is 1. The van der Waals surface area contributed by atoms with E-state index in [4.69, 9.17) is 4.98 Å². The Morgan fingerprint density at radius 3 is 2.56 bits per heavy atom. The SMILES string of the molecule is Cc1ccc(-n2c(NN=Cc3ccc(N(C)C)cc3)nc3sc4c(c3c2=O)CCC4)cc1. The number of hydrogen-bond acceptors (Lipinski definition) is 6. The highest BCUT2D eigenvalue weighted by molar-refractivity contribution is 7.18. The molecule has 0 amide bonds. The first-order valence-electron chi connectivity index (χ1n) is 10.7. The van der Waals surface area contributed by atoms with Crippen LogP contribution in [0.2, 0.25) is 0 Å². The van der Waals surface area contributed by atoms with Gasteiger partial charge in [-0.3, -0.25) is 4.79 Å². The smallest absolute Gasteiger partial charge is 0.268 e. The molecule has 0 fully saturated rings. The van der Waals surface area contributed by atoms with Crippen LogP contribution < -0.4 is 15.9 Å². The van der Waals surface area contributed by atoms with Gasteiger partial charge in [-0.2, -0.15) is 5.10 Å². The Labute approximate surface area is 190 Å². The maximum atomic E-state index is 13.6. The van der Waals surface area contributed by atoms with E-state index >= 15 is 0 Å². The van der Waals surface area contributed by atoms with Crippen LogP contribution in [-0.4, -0.2) is 29.9 Å². The largest absolute Gasteiger partial charge is 0.378 e. The van der Waals surface area contributed by atoms with E-state index in [0.29, 0.717) is 5.95 Å². The van der Waals surface area contributed by atoms with Gasteiger partial charge in [0.05, 0.1) is 17.3 Å². The minimum Gasteiger partial charge on any atom is -0.378 e. The Morgan fingerprint density at radius 2 is 1.84 bits per heavy atom. The monoisotopic (exact) mass is 443 g/mol. The van der Waals surface area contributed by atoms with Gasteiger partial charge in [0.25, 0.3) is 5.56 Å². The second kappa shape index (κ2) is 8.24. The topological polar surface area (TPSA) is 62.5 Å². The van der Waals surface area contributed by atoms with Crippen LogP contribution in [0.4, 0.5) is 11.6 Å². The van der Waals surface area contributed by atoms with Crippen molar-refractivity contribution in [2.75, 3.05) is 24.4 Å². The predicted octanol–water partition coefficient (Wildman–Crippen LogP) is 4.76. The number of anilines is 2. The van der Waals surface area contributed by atoms with Gasteiger partial charge in [-0.15, -0.1) is 11.3 Å². The average Bonchev–Trinajstić information content (AvgIpc) is 3.36. The number of nitrogens with zero attached hydrogens (tertiary/aromatic N) is 4. The fourth-order valence-corrected chi connectivity index (χ4v) is 5.33. The average molecular weight is 444 g/mol. The summed E-state index contributed by atoms with van der Waals surface area (Å²) < 4.78 is 1.64. The first kappa shape index (κ1) is 20.5. The van der Waals surface area contributed by atoms with E-state index in [0.717, 1.165) is 52.0 Å². The molecule has 2 aromatic carbocycles. The number of aryl methyl sites for hydroxylation is 3. The molecule has 0 aliphatic heterocycles. The molecule has 0 saturated carbocycles. The van der Waals surface area contributed by atoms with Gasteiger partial charge in [-0.25, -0.2) is 15.0 Å². The lowest BCUT2D eigenvalue weighted by atomic mass is 10.2. The number of benzene rings is 2. The van der Waals surface area contributed by atoms with Gasteiger partial charge in [-0.05, 0) is 61.6 Å². The lowest BCUT2D eigenvalue weighted by molar-refractivity contribution is 0.913. The molecule has 2 aromatic heterocycles. The highest BCUT2D eigenvalue weighted by Gasteiger charge is 2.23. The van der Waals surface area contributed by atoms with Gasteiger partial charge >= 0.3 is 0 Å². The minimum atomic E-state index is -0.0358. The van der Waals surface area contributed by atoms with E-state index in [9.17, 15) is 4.79 Å². The zero-order chi connectivity index (χ0) is 22.2. The molecular formula is C25H25N5OS. The van der Waals surface area contributed by atoms with Crippen molar-refractivity contribution in [3.63, 3.8) is 0 Å². The van der Waals surface area contributed by atoms with Gasteiger partial charge in [0.2, 0.25) is 5.95 Å². The van der Waals surface area contributed by atoms with Gasteiger partial charge in [0, 0.05) is 24.7 Å². The molecule has 4 aromatic rings. The van der Waals surface area contributed by atoms with Crippen molar-refractivity contribution in [1.29, 1.82) is 0 Å². The summed E-state index contributed by atoms with van der Waals surface area (Å²) in [5, 5.41) is 5.16. The molecular weight excluding hydrogens is 418 g/mol. The van der Waals surface area contributed by atoms with Crippen molar-refractivity contribution in [2.45, 2.75) is 26.2 Å². The molecule has 0 unspecified atom stereocenters. The fourth-order valence-electron chi connectivity index (χ4n) is 4.07. The zero-order valence-electron chi connectivity index (χ0n) is 18.4. The van der Waals surface area contributed by atoms with Crippen LogP contribution in [0.15, 0.2) is 58.4 Å². The normalized spacial score (nSPS) is 13.1. The number of hydrazone groups is 1. The van der Waals surface area contributed by atoms with E-state index in [-0.39, 0.29) is 5.56 Å². The van der Waals surface area contributed by atoms with Crippen LogP contribution in [0.5, 0.6) is 0 Å². The third-order valence-electron chi connectivity index (χ3n) is 5.82. The van der Waals surface area contributed by atoms with Crippen molar-refractivity contribution < 1.29 is 0 Å². The first-order valence-corrected chi connectivity index (χ1v) is 11.5. The maximum absolute atomic E-state index is 13.6. The van der Waals surface area contributed by atoms with E-state index in [1.54, 1.807) is 22.1 Å². The second-order valence-electron chi connectivity index (χ2n) is 8.30. The third-order valence-corrected chi connectivity index (χ3v) is 7.00. The summed E-state index contributed by atoms with van der Waals surface area (Å²) in [4.78, 5) is 22.6. The molecule has 0 radical (unpaired) electrons. The Balaban J connectivity index is 1.56. The molecule has 0 saturated heterocycles. The van der Waals surface area contributed by atoms with E-state index in [2.05, 4.69) is 15.4 Å². The Hall–Kier alpha value is -3.45. The summed E-state index contributed by atoms with van der Waals surface area (Å²) in [5.41, 5.74) is 8.18. The van der Waals surface area contributed by atoms with Crippen molar-refractivity contribution in [3.05, 3.63) is 80.5 Å². The summed E-state index contributed by atoms with van der Waals surface area (Å²) in [6.07, 6.45) is 4.83. The minimum absolute atomic E-state index is 0.0358. The molecule has 1 aliphatic rings. The highest BCUT2D eigenvalue weighted by atomic mass is 32.1. The molecule has 32 heavy (non-hydrogen) atoms. The zero-order valence-corrected chi connectivity index (χ0v) is 19.2. The van der Waals surface area contributed by atoms with Crippen LogP contribution in [0.3, 0.4) is 0 Å². The van der Waals surface area contributed by atoms with E-state index < -0.39 is 0 Å². The summed E-state index contributed by atoms with van der Waals surface area (Å²) in [5.74, 6) is 0.424. The van der Waals surface area contributed by atoms with Gasteiger partial charge in [-0.1, -0.05) is 29.8 Å². The first-order chi connectivity index (χ1) is 15.5. The molecule has 0 bridgehead atoms. The quantitative estimate of drug-likeness (QED) is 0.357. The Morgan fingerprint density at radius 1 is 1.09 bits per heavy atom. The van der Waals surface area contributed by atoms with Gasteiger partial charge < -0.3 is 4.90 Å². The fraction of sp³-hybridized carbons (Fsp3) is 0.240. The maximum Gasteiger partial charge on any atom is 0.268 e. The molecule has 5 rings (SSSR count). The van der Waals surface area contributed by atoms with Crippen molar-refractivity contribution in [3.8, 4) is 5.69 Å².